The fourth-order valence-corrected chi connectivity index (χ4v) is 3.39. The van der Waals surface area contributed by atoms with Gasteiger partial charge in [0.2, 0.25) is 5.91 Å². The first-order valence-electron chi connectivity index (χ1n) is 10.1. The Balaban J connectivity index is 1.43. The van der Waals surface area contributed by atoms with E-state index in [0.717, 1.165) is 32.7 Å². The molecule has 1 amide bonds. The maximum absolute atomic E-state index is 12.5. The number of rotatable bonds is 7. The highest BCUT2D eigenvalue weighted by molar-refractivity contribution is 5.94. The van der Waals surface area contributed by atoms with E-state index < -0.39 is 6.36 Å². The number of nitrogens with zero attached hydrogens (tertiary/aromatic N) is 2. The maximum atomic E-state index is 12.5. The molecule has 2 aromatic rings. The van der Waals surface area contributed by atoms with Crippen molar-refractivity contribution in [2.24, 2.45) is 0 Å². The fraction of sp³-hybridized carbons (Fsp3) is 0.348. The number of anilines is 1. The number of piperazine rings is 1. The third-order valence-corrected chi connectivity index (χ3v) is 5.16. The van der Waals surface area contributed by atoms with Crippen LogP contribution in [0.5, 0.6) is 5.75 Å². The van der Waals surface area contributed by atoms with Crippen molar-refractivity contribution in [3.63, 3.8) is 0 Å². The average molecular weight is 433 g/mol. The van der Waals surface area contributed by atoms with Crippen molar-refractivity contribution in [2.45, 2.75) is 19.3 Å². The predicted molar refractivity (Wildman–Crippen MR) is 115 cm³/mol. The van der Waals surface area contributed by atoms with Gasteiger partial charge in [0.25, 0.3) is 0 Å². The molecule has 1 saturated heterocycles. The minimum absolute atomic E-state index is 0.193. The summed E-state index contributed by atoms with van der Waals surface area (Å²) in [6.45, 7) is 5.95. The van der Waals surface area contributed by atoms with E-state index >= 15 is 0 Å². The van der Waals surface area contributed by atoms with E-state index in [1.165, 1.54) is 29.8 Å². The minimum atomic E-state index is -4.74. The van der Waals surface area contributed by atoms with Gasteiger partial charge in [0.15, 0.2) is 0 Å². The number of ether oxygens (including phenoxy) is 1. The summed E-state index contributed by atoms with van der Waals surface area (Å²) in [6, 6.07) is 14.9. The molecular formula is C23H26F3N3O2. The summed E-state index contributed by atoms with van der Waals surface area (Å²) in [7, 11) is 0. The van der Waals surface area contributed by atoms with Crippen LogP contribution < -0.4 is 10.1 Å². The molecule has 166 valence electrons. The summed E-state index contributed by atoms with van der Waals surface area (Å²) in [5.74, 6) is -0.516. The lowest BCUT2D eigenvalue weighted by Crippen LogP contribution is -2.52. The SMILES string of the molecule is C[C@@H](C(=O)Nc1ccc(OC(F)(F)F)cc1)N1CCN(C/C=C/c2ccccc2)CC1. The summed E-state index contributed by atoms with van der Waals surface area (Å²) in [5.41, 5.74) is 1.60. The molecule has 0 aliphatic carbocycles. The molecule has 1 N–H and O–H groups in total. The number of halogens is 3. The molecule has 0 radical (unpaired) electrons. The summed E-state index contributed by atoms with van der Waals surface area (Å²) < 4.78 is 40.5. The zero-order valence-electron chi connectivity index (χ0n) is 17.3. The van der Waals surface area contributed by atoms with Gasteiger partial charge in [-0.2, -0.15) is 0 Å². The third-order valence-electron chi connectivity index (χ3n) is 5.16. The Morgan fingerprint density at radius 3 is 2.32 bits per heavy atom. The van der Waals surface area contributed by atoms with E-state index in [2.05, 4.69) is 44.1 Å². The van der Waals surface area contributed by atoms with E-state index in [1.54, 1.807) is 0 Å². The Labute approximate surface area is 180 Å². The van der Waals surface area contributed by atoms with Crippen LogP contribution in [0.3, 0.4) is 0 Å². The standard InChI is InChI=1S/C23H26F3N3O2/c1-18(22(30)27-20-9-11-21(12-10-20)31-23(24,25)26)29-16-14-28(15-17-29)13-5-8-19-6-3-2-4-7-19/h2-12,18H,13-17H2,1H3,(H,27,30)/b8-5+/t18-/m0/s1. The van der Waals surface area contributed by atoms with E-state index in [9.17, 15) is 18.0 Å². The van der Waals surface area contributed by atoms with Crippen LogP contribution in [-0.4, -0.2) is 60.8 Å². The van der Waals surface area contributed by atoms with Crippen molar-refractivity contribution >= 4 is 17.7 Å². The highest BCUT2D eigenvalue weighted by atomic mass is 19.4. The number of nitrogens with one attached hydrogen (secondary N) is 1. The molecule has 0 bridgehead atoms. The summed E-state index contributed by atoms with van der Waals surface area (Å²) in [6.07, 6.45) is -0.487. The molecule has 1 fully saturated rings. The molecule has 3 rings (SSSR count). The van der Waals surface area contributed by atoms with Crippen molar-refractivity contribution in [1.82, 2.24) is 9.80 Å². The first kappa shape index (κ1) is 22.8. The number of hydrogen-bond acceptors (Lipinski definition) is 4. The Hall–Kier alpha value is -2.84. The molecule has 1 atom stereocenters. The molecule has 5 nitrogen and oxygen atoms in total. The first-order chi connectivity index (χ1) is 14.8. The average Bonchev–Trinajstić information content (AvgIpc) is 2.75. The van der Waals surface area contributed by atoms with Gasteiger partial charge in [0.1, 0.15) is 5.75 Å². The van der Waals surface area contributed by atoms with Gasteiger partial charge in [0.05, 0.1) is 6.04 Å². The van der Waals surface area contributed by atoms with Crippen LogP contribution >= 0.6 is 0 Å². The van der Waals surface area contributed by atoms with Gasteiger partial charge in [-0.1, -0.05) is 42.5 Å². The number of carbonyl (C=O) groups excluding carboxylic acids is 1. The molecule has 1 aliphatic heterocycles. The fourth-order valence-electron chi connectivity index (χ4n) is 3.39. The van der Waals surface area contributed by atoms with Crippen LogP contribution in [-0.2, 0) is 4.79 Å². The topological polar surface area (TPSA) is 44.8 Å². The van der Waals surface area contributed by atoms with Gasteiger partial charge >= 0.3 is 6.36 Å². The highest BCUT2D eigenvalue weighted by Crippen LogP contribution is 2.24. The van der Waals surface area contributed by atoms with Crippen molar-refractivity contribution in [3.8, 4) is 5.75 Å². The summed E-state index contributed by atoms with van der Waals surface area (Å²) in [4.78, 5) is 17.0. The number of alkyl halides is 3. The number of carbonyl (C=O) groups is 1. The second-order valence-corrected chi connectivity index (χ2v) is 7.39. The molecule has 0 spiro atoms. The monoisotopic (exact) mass is 433 g/mol. The Morgan fingerprint density at radius 2 is 1.71 bits per heavy atom. The normalized spacial score (nSPS) is 16.9. The van der Waals surface area contributed by atoms with Gasteiger partial charge in [-0.15, -0.1) is 13.2 Å². The van der Waals surface area contributed by atoms with Gasteiger partial charge in [0, 0.05) is 38.4 Å². The molecular weight excluding hydrogens is 407 g/mol. The van der Waals surface area contributed by atoms with Crippen molar-refractivity contribution in [1.29, 1.82) is 0 Å². The summed E-state index contributed by atoms with van der Waals surface area (Å²) >= 11 is 0. The predicted octanol–water partition coefficient (Wildman–Crippen LogP) is 4.24. The van der Waals surface area contributed by atoms with Gasteiger partial charge in [-0.3, -0.25) is 14.6 Å². The third kappa shape index (κ3) is 7.41. The van der Waals surface area contributed by atoms with E-state index in [4.69, 9.17) is 0 Å². The van der Waals surface area contributed by atoms with Crippen LogP contribution in [0.25, 0.3) is 6.08 Å². The van der Waals surface area contributed by atoms with Crippen LogP contribution in [0.2, 0.25) is 0 Å². The second-order valence-electron chi connectivity index (χ2n) is 7.39. The lowest BCUT2D eigenvalue weighted by atomic mass is 10.2. The second kappa shape index (κ2) is 10.5. The van der Waals surface area contributed by atoms with Crippen LogP contribution in [0.1, 0.15) is 12.5 Å². The number of hydrogen-bond donors (Lipinski definition) is 1. The maximum Gasteiger partial charge on any atom is 0.573 e. The number of amides is 1. The molecule has 2 aromatic carbocycles. The number of benzene rings is 2. The van der Waals surface area contributed by atoms with Gasteiger partial charge in [-0.25, -0.2) is 0 Å². The highest BCUT2D eigenvalue weighted by Gasteiger charge is 2.31. The lowest BCUT2D eigenvalue weighted by molar-refractivity contribution is -0.274. The molecule has 0 unspecified atom stereocenters. The lowest BCUT2D eigenvalue weighted by Gasteiger charge is -2.37. The molecule has 0 aromatic heterocycles. The zero-order chi connectivity index (χ0) is 22.3. The molecule has 0 saturated carbocycles. The smallest absolute Gasteiger partial charge is 0.406 e. The minimum Gasteiger partial charge on any atom is -0.406 e. The van der Waals surface area contributed by atoms with Crippen LogP contribution in [0.15, 0.2) is 60.7 Å². The molecule has 1 aliphatic rings. The Kier molecular flexibility index (Phi) is 7.70. The first-order valence-corrected chi connectivity index (χ1v) is 10.1. The van der Waals surface area contributed by atoms with Crippen LogP contribution in [0.4, 0.5) is 18.9 Å². The van der Waals surface area contributed by atoms with E-state index in [-0.39, 0.29) is 17.7 Å². The van der Waals surface area contributed by atoms with Crippen molar-refractivity contribution in [2.75, 3.05) is 38.0 Å². The van der Waals surface area contributed by atoms with E-state index in [0.29, 0.717) is 5.69 Å². The quantitative estimate of drug-likeness (QED) is 0.710. The zero-order valence-corrected chi connectivity index (χ0v) is 17.3. The van der Waals surface area contributed by atoms with Gasteiger partial charge in [-0.05, 0) is 36.8 Å². The van der Waals surface area contributed by atoms with Crippen molar-refractivity contribution < 1.29 is 22.7 Å². The van der Waals surface area contributed by atoms with Crippen LogP contribution in [0, 0.1) is 0 Å². The molecule has 31 heavy (non-hydrogen) atoms. The van der Waals surface area contributed by atoms with Crippen molar-refractivity contribution in [3.05, 3.63) is 66.2 Å². The Morgan fingerprint density at radius 1 is 1.06 bits per heavy atom. The van der Waals surface area contributed by atoms with E-state index in [1.807, 2.05) is 25.1 Å². The summed E-state index contributed by atoms with van der Waals surface area (Å²) in [5, 5.41) is 2.75. The largest absolute Gasteiger partial charge is 0.573 e. The molecule has 1 heterocycles. The Bertz CT molecular complexity index is 862. The van der Waals surface area contributed by atoms with Gasteiger partial charge < -0.3 is 10.1 Å². The molecule has 8 heteroatoms.